The van der Waals surface area contributed by atoms with Gasteiger partial charge in [-0.3, -0.25) is 24.6 Å². The highest BCUT2D eigenvalue weighted by Crippen LogP contribution is 2.27. The first kappa shape index (κ1) is 20.1. The van der Waals surface area contributed by atoms with E-state index in [1.165, 1.54) is 18.2 Å². The Kier molecular flexibility index (Phi) is 5.64. The van der Waals surface area contributed by atoms with Crippen LogP contribution in [0.5, 0.6) is 0 Å². The average Bonchev–Trinajstić information content (AvgIpc) is 2.91. The summed E-state index contributed by atoms with van der Waals surface area (Å²) in [5, 5.41) is 16.3. The van der Waals surface area contributed by atoms with Gasteiger partial charge in [-0.2, -0.15) is 0 Å². The van der Waals surface area contributed by atoms with Gasteiger partial charge in [0, 0.05) is 30.9 Å². The number of nitro groups is 1. The molecule has 2 aromatic rings. The van der Waals surface area contributed by atoms with E-state index in [0.717, 1.165) is 11.0 Å². The maximum Gasteiger partial charge on any atom is 0.319 e. The predicted molar refractivity (Wildman–Crippen MR) is 106 cm³/mol. The quantitative estimate of drug-likeness (QED) is 0.216. The van der Waals surface area contributed by atoms with Crippen molar-refractivity contribution in [3.05, 3.63) is 62.7 Å². The van der Waals surface area contributed by atoms with E-state index in [-0.39, 0.29) is 29.9 Å². The fourth-order valence-corrected chi connectivity index (χ4v) is 3.07. The zero-order valence-electron chi connectivity index (χ0n) is 15.0. The van der Waals surface area contributed by atoms with Gasteiger partial charge < -0.3 is 16.4 Å². The summed E-state index contributed by atoms with van der Waals surface area (Å²) >= 11 is 5.98. The Hall–Kier alpha value is -3.66. The maximum absolute atomic E-state index is 12.4. The third kappa shape index (κ3) is 4.27. The molecule has 150 valence electrons. The summed E-state index contributed by atoms with van der Waals surface area (Å²) in [5.41, 5.74) is 6.32. The van der Waals surface area contributed by atoms with Crippen LogP contribution >= 0.6 is 11.6 Å². The predicted octanol–water partition coefficient (Wildman–Crippen LogP) is 2.64. The van der Waals surface area contributed by atoms with Gasteiger partial charge in [-0.25, -0.2) is 4.79 Å². The number of urea groups is 1. The molecule has 0 saturated heterocycles. The number of imide groups is 1. The van der Waals surface area contributed by atoms with Crippen LogP contribution in [0, 0.1) is 10.1 Å². The van der Waals surface area contributed by atoms with Gasteiger partial charge in [-0.05, 0) is 30.7 Å². The monoisotopic (exact) mass is 417 g/mol. The van der Waals surface area contributed by atoms with Crippen molar-refractivity contribution >= 4 is 46.5 Å². The van der Waals surface area contributed by atoms with Gasteiger partial charge >= 0.3 is 6.03 Å². The zero-order valence-corrected chi connectivity index (χ0v) is 15.7. The summed E-state index contributed by atoms with van der Waals surface area (Å²) in [6.45, 7) is 0.245. The molecule has 0 bridgehead atoms. The molecular formula is C18H16ClN5O5. The molecule has 0 aromatic heterocycles. The lowest BCUT2D eigenvalue weighted by molar-refractivity contribution is -0.384. The fourth-order valence-electron chi connectivity index (χ4n) is 2.83. The van der Waals surface area contributed by atoms with Crippen LogP contribution in [0.1, 0.15) is 27.1 Å². The number of rotatable bonds is 6. The van der Waals surface area contributed by atoms with Gasteiger partial charge in [-0.1, -0.05) is 11.6 Å². The van der Waals surface area contributed by atoms with E-state index < -0.39 is 22.8 Å². The fraction of sp³-hybridized carbons (Fsp3) is 0.167. The van der Waals surface area contributed by atoms with Gasteiger partial charge in [0.1, 0.15) is 0 Å². The van der Waals surface area contributed by atoms with Crippen LogP contribution in [0.2, 0.25) is 5.02 Å². The molecule has 11 heteroatoms. The molecule has 0 saturated carbocycles. The Labute approximate surface area is 169 Å². The molecule has 0 atom stereocenters. The second kappa shape index (κ2) is 8.15. The first-order valence-electron chi connectivity index (χ1n) is 8.52. The molecule has 0 aliphatic carbocycles. The van der Waals surface area contributed by atoms with Crippen molar-refractivity contribution in [3.8, 4) is 0 Å². The van der Waals surface area contributed by atoms with Crippen molar-refractivity contribution < 1.29 is 19.3 Å². The van der Waals surface area contributed by atoms with E-state index in [2.05, 4.69) is 10.6 Å². The number of hydrogen-bond donors (Lipinski definition) is 3. The minimum absolute atomic E-state index is 0.00731. The lowest BCUT2D eigenvalue weighted by Crippen LogP contribution is -2.35. The molecule has 2 aromatic carbocycles. The van der Waals surface area contributed by atoms with E-state index in [4.69, 9.17) is 17.3 Å². The highest BCUT2D eigenvalue weighted by Gasteiger charge is 2.36. The molecular weight excluding hydrogens is 402 g/mol. The second-order valence-electron chi connectivity index (χ2n) is 6.22. The molecule has 4 amide bonds. The Morgan fingerprint density at radius 1 is 1.14 bits per heavy atom. The third-order valence-electron chi connectivity index (χ3n) is 4.25. The zero-order chi connectivity index (χ0) is 21.1. The van der Waals surface area contributed by atoms with Crippen LogP contribution in [0.25, 0.3) is 0 Å². The molecule has 10 nitrogen and oxygen atoms in total. The summed E-state index contributed by atoms with van der Waals surface area (Å²) < 4.78 is 0. The van der Waals surface area contributed by atoms with Crippen molar-refractivity contribution in [2.75, 3.05) is 24.1 Å². The molecule has 3 rings (SSSR count). The van der Waals surface area contributed by atoms with Gasteiger partial charge in [0.15, 0.2) is 0 Å². The number of amides is 4. The number of carbonyl (C=O) groups is 3. The number of nitrogen functional groups attached to an aromatic ring is 1. The van der Waals surface area contributed by atoms with Gasteiger partial charge in [0.25, 0.3) is 17.5 Å². The molecule has 1 aliphatic heterocycles. The first-order chi connectivity index (χ1) is 13.8. The standard InChI is InChI=1S/C18H16ClN5O5/c19-14-8-10(20)2-5-15(14)22-18(27)21-6-1-7-23-16(25)12-4-3-11(24(28)29)9-13(12)17(23)26/h2-5,8-9H,1,6-7,20H2,(H2,21,22,27). The van der Waals surface area contributed by atoms with Crippen molar-refractivity contribution in [1.29, 1.82) is 0 Å². The number of nitrogens with zero attached hydrogens (tertiary/aromatic N) is 2. The molecule has 1 aliphatic rings. The van der Waals surface area contributed by atoms with Gasteiger partial charge in [-0.15, -0.1) is 0 Å². The average molecular weight is 418 g/mol. The molecule has 0 radical (unpaired) electrons. The van der Waals surface area contributed by atoms with Crippen LogP contribution < -0.4 is 16.4 Å². The summed E-state index contributed by atoms with van der Waals surface area (Å²) in [5.74, 6) is -1.11. The third-order valence-corrected chi connectivity index (χ3v) is 4.56. The normalized spacial score (nSPS) is 12.7. The molecule has 0 fully saturated rings. The van der Waals surface area contributed by atoms with E-state index in [9.17, 15) is 24.5 Å². The first-order valence-corrected chi connectivity index (χ1v) is 8.90. The topological polar surface area (TPSA) is 148 Å². The summed E-state index contributed by atoms with van der Waals surface area (Å²) in [6.07, 6.45) is 0.302. The minimum Gasteiger partial charge on any atom is -0.399 e. The van der Waals surface area contributed by atoms with Crippen molar-refractivity contribution in [2.24, 2.45) is 0 Å². The number of anilines is 2. The number of nitrogens with two attached hydrogens (primary N) is 1. The van der Waals surface area contributed by atoms with E-state index in [1.54, 1.807) is 12.1 Å². The Bertz CT molecular complexity index is 1030. The van der Waals surface area contributed by atoms with Crippen molar-refractivity contribution in [1.82, 2.24) is 10.2 Å². The smallest absolute Gasteiger partial charge is 0.319 e. The largest absolute Gasteiger partial charge is 0.399 e. The van der Waals surface area contributed by atoms with Crippen LogP contribution in [0.4, 0.5) is 21.9 Å². The lowest BCUT2D eigenvalue weighted by atomic mass is 10.1. The highest BCUT2D eigenvalue weighted by atomic mass is 35.5. The number of nitrogens with one attached hydrogen (secondary N) is 2. The number of halogens is 1. The van der Waals surface area contributed by atoms with E-state index in [1.807, 2.05) is 0 Å². The van der Waals surface area contributed by atoms with Crippen LogP contribution in [0.3, 0.4) is 0 Å². The molecule has 0 spiro atoms. The van der Waals surface area contributed by atoms with Crippen molar-refractivity contribution in [3.63, 3.8) is 0 Å². The Balaban J connectivity index is 1.51. The highest BCUT2D eigenvalue weighted by molar-refractivity contribution is 6.34. The lowest BCUT2D eigenvalue weighted by Gasteiger charge is -2.14. The van der Waals surface area contributed by atoms with Crippen LogP contribution in [0.15, 0.2) is 36.4 Å². The second-order valence-corrected chi connectivity index (χ2v) is 6.63. The summed E-state index contributed by atoms with van der Waals surface area (Å²) in [7, 11) is 0. The molecule has 4 N–H and O–H groups in total. The number of carbonyl (C=O) groups excluding carboxylic acids is 3. The van der Waals surface area contributed by atoms with Crippen molar-refractivity contribution in [2.45, 2.75) is 6.42 Å². The van der Waals surface area contributed by atoms with Crippen LogP contribution in [-0.4, -0.2) is 40.8 Å². The Morgan fingerprint density at radius 2 is 1.86 bits per heavy atom. The number of fused-ring (bicyclic) bond motifs is 1. The number of non-ortho nitro benzene ring substituents is 1. The minimum atomic E-state index is -0.628. The molecule has 29 heavy (non-hydrogen) atoms. The van der Waals surface area contributed by atoms with Crippen LogP contribution in [-0.2, 0) is 0 Å². The Morgan fingerprint density at radius 3 is 2.55 bits per heavy atom. The molecule has 1 heterocycles. The number of hydrogen-bond acceptors (Lipinski definition) is 6. The number of benzene rings is 2. The number of nitro benzene ring substituents is 1. The summed E-state index contributed by atoms with van der Waals surface area (Å²) in [6, 6.07) is 7.71. The van der Waals surface area contributed by atoms with Gasteiger partial charge in [0.2, 0.25) is 0 Å². The molecule has 0 unspecified atom stereocenters. The van der Waals surface area contributed by atoms with E-state index in [0.29, 0.717) is 22.8 Å². The van der Waals surface area contributed by atoms with E-state index >= 15 is 0 Å². The van der Waals surface area contributed by atoms with Gasteiger partial charge in [0.05, 0.1) is 26.8 Å². The SMILES string of the molecule is Nc1ccc(NC(=O)NCCCN2C(=O)c3ccc([N+](=O)[O-])cc3C2=O)c(Cl)c1. The summed E-state index contributed by atoms with van der Waals surface area (Å²) in [4.78, 5) is 47.9. The maximum atomic E-state index is 12.4.